The molecule has 1 N–H and O–H groups in total. The Morgan fingerprint density at radius 2 is 2.27 bits per heavy atom. The van der Waals surface area contributed by atoms with E-state index in [-0.39, 0.29) is 6.61 Å². The lowest BCUT2D eigenvalue weighted by Crippen LogP contribution is -2.01. The number of aromatic nitrogens is 2. The van der Waals surface area contributed by atoms with Gasteiger partial charge in [0.2, 0.25) is 0 Å². The number of aliphatic hydroxyl groups is 1. The Morgan fingerprint density at radius 3 is 2.87 bits per heavy atom. The third kappa shape index (κ3) is 1.57. The molecule has 0 bridgehead atoms. The Hall–Kier alpha value is -1.55. The molecule has 0 saturated carbocycles. The minimum absolute atomic E-state index is 0.00247. The Kier molecular flexibility index (Phi) is 2.60. The third-order valence-corrected chi connectivity index (χ3v) is 2.50. The molecule has 0 fully saturated rings. The second kappa shape index (κ2) is 3.90. The molecule has 0 aliphatic carbocycles. The maximum absolute atomic E-state index is 9.30. The topological polar surface area (TPSA) is 47.3 Å². The zero-order chi connectivity index (χ0) is 10.8. The number of fused-ring (bicyclic) bond motifs is 1. The van der Waals surface area contributed by atoms with E-state index in [0.29, 0.717) is 0 Å². The zero-order valence-electron chi connectivity index (χ0n) is 8.90. The first-order chi connectivity index (χ1) is 7.30. The van der Waals surface area contributed by atoms with Crippen LogP contribution in [0.3, 0.4) is 0 Å². The molecular formula is C11H14N2O2. The summed E-state index contributed by atoms with van der Waals surface area (Å²) in [5, 5.41) is 14.6. The lowest BCUT2D eigenvalue weighted by atomic mass is 10.2. The van der Waals surface area contributed by atoms with Gasteiger partial charge < -0.3 is 9.84 Å². The highest BCUT2D eigenvalue weighted by molar-refractivity contribution is 5.83. The summed E-state index contributed by atoms with van der Waals surface area (Å²) in [6.45, 7) is 2.76. The van der Waals surface area contributed by atoms with Crippen LogP contribution in [0.25, 0.3) is 10.9 Å². The van der Waals surface area contributed by atoms with Crippen molar-refractivity contribution in [3.8, 4) is 5.75 Å². The Labute approximate surface area is 88.1 Å². The molecule has 0 unspecified atom stereocenters. The van der Waals surface area contributed by atoms with Crippen molar-refractivity contribution in [3.05, 3.63) is 23.9 Å². The number of hydrogen-bond acceptors (Lipinski definition) is 3. The second-order valence-corrected chi connectivity index (χ2v) is 3.30. The first-order valence-electron chi connectivity index (χ1n) is 4.94. The standard InChI is InChI=1S/C11H14N2O2/c1-3-13-11(7-14)9-6-8(15-2)4-5-10(9)12-13/h4-6,14H,3,7H2,1-2H3. The molecule has 2 aromatic rings. The predicted octanol–water partition coefficient (Wildman–Crippen LogP) is 1.56. The molecule has 1 heterocycles. The number of hydrogen-bond donors (Lipinski definition) is 1. The molecule has 4 heteroatoms. The maximum atomic E-state index is 9.30. The van der Waals surface area contributed by atoms with Crippen molar-refractivity contribution in [2.24, 2.45) is 0 Å². The summed E-state index contributed by atoms with van der Waals surface area (Å²) < 4.78 is 6.96. The Balaban J connectivity index is 2.67. The number of methoxy groups -OCH3 is 1. The number of aryl methyl sites for hydroxylation is 1. The van der Waals surface area contributed by atoms with Gasteiger partial charge in [-0.3, -0.25) is 4.68 Å². The summed E-state index contributed by atoms with van der Waals surface area (Å²) >= 11 is 0. The maximum Gasteiger partial charge on any atom is 0.119 e. The first kappa shape index (κ1) is 9.98. The molecule has 2 rings (SSSR count). The van der Waals surface area contributed by atoms with Gasteiger partial charge in [-0.15, -0.1) is 0 Å². The van der Waals surface area contributed by atoms with Crippen LogP contribution in [0.15, 0.2) is 18.2 Å². The summed E-state index contributed by atoms with van der Waals surface area (Å²) in [7, 11) is 1.63. The molecule has 0 amide bonds. The molecule has 0 aliphatic rings. The first-order valence-corrected chi connectivity index (χ1v) is 4.94. The summed E-state index contributed by atoms with van der Waals surface area (Å²) in [6.07, 6.45) is 0. The van der Waals surface area contributed by atoms with Gasteiger partial charge in [-0.1, -0.05) is 0 Å². The largest absolute Gasteiger partial charge is 0.497 e. The van der Waals surface area contributed by atoms with Crippen LogP contribution in [0.2, 0.25) is 0 Å². The van der Waals surface area contributed by atoms with Crippen molar-refractivity contribution in [2.45, 2.75) is 20.1 Å². The van der Waals surface area contributed by atoms with Crippen molar-refractivity contribution in [3.63, 3.8) is 0 Å². The predicted molar refractivity (Wildman–Crippen MR) is 57.9 cm³/mol. The monoisotopic (exact) mass is 206 g/mol. The number of benzene rings is 1. The number of rotatable bonds is 3. The molecule has 1 aromatic heterocycles. The minimum atomic E-state index is -0.00247. The van der Waals surface area contributed by atoms with Crippen LogP contribution >= 0.6 is 0 Å². The van der Waals surface area contributed by atoms with Gasteiger partial charge in [0.1, 0.15) is 5.75 Å². The van der Waals surface area contributed by atoms with E-state index < -0.39 is 0 Å². The number of nitrogens with zero attached hydrogens (tertiary/aromatic N) is 2. The highest BCUT2D eigenvalue weighted by Gasteiger charge is 2.09. The molecule has 0 atom stereocenters. The normalized spacial score (nSPS) is 10.9. The minimum Gasteiger partial charge on any atom is -0.497 e. The molecule has 15 heavy (non-hydrogen) atoms. The Bertz CT molecular complexity index is 477. The van der Waals surface area contributed by atoms with E-state index in [0.717, 1.165) is 28.9 Å². The van der Waals surface area contributed by atoms with Gasteiger partial charge in [0.05, 0.1) is 24.9 Å². The van der Waals surface area contributed by atoms with Gasteiger partial charge in [0.25, 0.3) is 0 Å². The van der Waals surface area contributed by atoms with Crippen LogP contribution in [-0.2, 0) is 13.2 Å². The van der Waals surface area contributed by atoms with Gasteiger partial charge in [0, 0.05) is 11.9 Å². The lowest BCUT2D eigenvalue weighted by Gasteiger charge is -2.01. The van der Waals surface area contributed by atoms with Gasteiger partial charge in [-0.2, -0.15) is 5.10 Å². The molecule has 0 aliphatic heterocycles. The van der Waals surface area contributed by atoms with Gasteiger partial charge >= 0.3 is 0 Å². The summed E-state index contributed by atoms with van der Waals surface area (Å²) in [6, 6.07) is 5.68. The Morgan fingerprint density at radius 1 is 1.47 bits per heavy atom. The molecule has 1 aromatic carbocycles. The van der Waals surface area contributed by atoms with Crippen LogP contribution in [0.1, 0.15) is 12.6 Å². The molecule has 4 nitrogen and oxygen atoms in total. The van der Waals surface area contributed by atoms with E-state index in [1.165, 1.54) is 0 Å². The van der Waals surface area contributed by atoms with Crippen molar-refractivity contribution in [1.82, 2.24) is 9.78 Å². The fourth-order valence-electron chi connectivity index (χ4n) is 1.72. The lowest BCUT2D eigenvalue weighted by molar-refractivity contribution is 0.270. The van der Waals surface area contributed by atoms with Gasteiger partial charge in [0.15, 0.2) is 0 Å². The zero-order valence-corrected chi connectivity index (χ0v) is 8.90. The van der Waals surface area contributed by atoms with Gasteiger partial charge in [-0.05, 0) is 25.1 Å². The van der Waals surface area contributed by atoms with E-state index in [1.54, 1.807) is 7.11 Å². The van der Waals surface area contributed by atoms with E-state index in [2.05, 4.69) is 5.10 Å². The van der Waals surface area contributed by atoms with E-state index in [9.17, 15) is 5.11 Å². The molecule has 0 spiro atoms. The van der Waals surface area contributed by atoms with Crippen molar-refractivity contribution < 1.29 is 9.84 Å². The average molecular weight is 206 g/mol. The smallest absolute Gasteiger partial charge is 0.119 e. The van der Waals surface area contributed by atoms with Crippen molar-refractivity contribution >= 4 is 10.9 Å². The van der Waals surface area contributed by atoms with Crippen molar-refractivity contribution in [2.75, 3.05) is 7.11 Å². The average Bonchev–Trinajstić information content (AvgIpc) is 2.65. The summed E-state index contributed by atoms with van der Waals surface area (Å²) in [4.78, 5) is 0. The van der Waals surface area contributed by atoms with Crippen LogP contribution in [-0.4, -0.2) is 22.0 Å². The van der Waals surface area contributed by atoms with Crippen LogP contribution in [0.4, 0.5) is 0 Å². The molecular weight excluding hydrogens is 192 g/mol. The van der Waals surface area contributed by atoms with E-state index in [1.807, 2.05) is 29.8 Å². The fraction of sp³-hybridized carbons (Fsp3) is 0.364. The quantitative estimate of drug-likeness (QED) is 0.829. The van der Waals surface area contributed by atoms with Crippen LogP contribution < -0.4 is 4.74 Å². The van der Waals surface area contributed by atoms with E-state index >= 15 is 0 Å². The fourth-order valence-corrected chi connectivity index (χ4v) is 1.72. The summed E-state index contributed by atoms with van der Waals surface area (Å²) in [5.41, 5.74) is 1.73. The summed E-state index contributed by atoms with van der Waals surface area (Å²) in [5.74, 6) is 0.785. The number of ether oxygens (including phenoxy) is 1. The van der Waals surface area contributed by atoms with Crippen LogP contribution in [0, 0.1) is 0 Å². The molecule has 0 radical (unpaired) electrons. The molecule has 0 saturated heterocycles. The highest BCUT2D eigenvalue weighted by Crippen LogP contribution is 2.23. The van der Waals surface area contributed by atoms with Crippen molar-refractivity contribution in [1.29, 1.82) is 0 Å². The van der Waals surface area contributed by atoms with E-state index in [4.69, 9.17) is 4.74 Å². The highest BCUT2D eigenvalue weighted by atomic mass is 16.5. The van der Waals surface area contributed by atoms with Crippen LogP contribution in [0.5, 0.6) is 5.75 Å². The SMILES string of the molecule is CCn1nc2ccc(OC)cc2c1CO. The van der Waals surface area contributed by atoms with Gasteiger partial charge in [-0.25, -0.2) is 0 Å². The third-order valence-electron chi connectivity index (χ3n) is 2.50. The second-order valence-electron chi connectivity index (χ2n) is 3.30. The number of aliphatic hydroxyl groups excluding tert-OH is 1. The molecule has 80 valence electrons.